The van der Waals surface area contributed by atoms with E-state index in [9.17, 15) is 5.11 Å². The summed E-state index contributed by atoms with van der Waals surface area (Å²) >= 11 is 0. The molecule has 1 saturated carbocycles. The average molecular weight is 435 g/mol. The second-order valence-electron chi connectivity index (χ2n) is 9.47. The van der Waals surface area contributed by atoms with Gasteiger partial charge in [-0.25, -0.2) is 9.97 Å². The maximum absolute atomic E-state index is 10.2. The summed E-state index contributed by atoms with van der Waals surface area (Å²) in [5, 5.41) is 15.7. The third kappa shape index (κ3) is 3.30. The van der Waals surface area contributed by atoms with E-state index >= 15 is 0 Å². The van der Waals surface area contributed by atoms with Gasteiger partial charge in [0.1, 0.15) is 0 Å². The molecule has 1 fully saturated rings. The Morgan fingerprint density at radius 3 is 2.58 bits per heavy atom. The molecule has 6 heteroatoms. The highest BCUT2D eigenvalue weighted by molar-refractivity contribution is 5.90. The van der Waals surface area contributed by atoms with Crippen LogP contribution >= 0.6 is 0 Å². The first-order chi connectivity index (χ1) is 15.8. The second-order valence-corrected chi connectivity index (χ2v) is 9.47. The molecular formula is C27H24N5O. The second kappa shape index (κ2) is 6.94. The number of hydrogen-bond donors (Lipinski definition) is 2. The molecule has 0 aliphatic heterocycles. The molecule has 0 amide bonds. The third-order valence-corrected chi connectivity index (χ3v) is 6.51. The number of fused-ring (bicyclic) bond motifs is 3. The Kier molecular flexibility index (Phi) is 4.21. The summed E-state index contributed by atoms with van der Waals surface area (Å²) < 4.78 is 1.80. The molecule has 0 bridgehead atoms. The van der Waals surface area contributed by atoms with Crippen LogP contribution in [0.4, 0.5) is 0 Å². The normalized spacial score (nSPS) is 22.5. The number of nitrogens with zero attached hydrogens (tertiary/aromatic N) is 4. The quantitative estimate of drug-likeness (QED) is 0.439. The number of aryl methyl sites for hydroxylation is 1. The van der Waals surface area contributed by atoms with Crippen molar-refractivity contribution in [3.63, 3.8) is 0 Å². The highest BCUT2D eigenvalue weighted by Gasteiger charge is 2.49. The molecule has 3 heterocycles. The first-order valence-corrected chi connectivity index (χ1v) is 11.1. The summed E-state index contributed by atoms with van der Waals surface area (Å²) in [5.41, 5.74) is 12.6. The molecule has 1 radical (unpaired) electrons. The molecule has 33 heavy (non-hydrogen) atoms. The van der Waals surface area contributed by atoms with Crippen molar-refractivity contribution in [2.24, 2.45) is 5.73 Å². The molecule has 1 aliphatic carbocycles. The van der Waals surface area contributed by atoms with Gasteiger partial charge in [-0.3, -0.25) is 0 Å². The summed E-state index contributed by atoms with van der Waals surface area (Å²) in [7, 11) is 0. The van der Waals surface area contributed by atoms with Gasteiger partial charge in [0, 0.05) is 34.3 Å². The lowest BCUT2D eigenvalue weighted by Gasteiger charge is -2.49. The minimum atomic E-state index is -0.690. The monoisotopic (exact) mass is 434 g/mol. The molecule has 6 rings (SSSR count). The summed E-state index contributed by atoms with van der Waals surface area (Å²) in [6.07, 6.45) is 2.96. The van der Waals surface area contributed by atoms with Gasteiger partial charge in [-0.2, -0.15) is 9.61 Å². The Labute approximate surface area is 191 Å². The van der Waals surface area contributed by atoms with Crippen molar-refractivity contribution >= 4 is 16.7 Å². The molecule has 0 spiro atoms. The molecule has 0 atom stereocenters. The highest BCUT2D eigenvalue weighted by Crippen LogP contribution is 2.46. The molecule has 163 valence electrons. The predicted octanol–water partition coefficient (Wildman–Crippen LogP) is 4.42. The van der Waals surface area contributed by atoms with Crippen molar-refractivity contribution in [1.82, 2.24) is 19.6 Å². The zero-order valence-corrected chi connectivity index (χ0v) is 18.6. The standard InChI is InChI=1S/C27H24N5O/c1-17-12-23-29-14-20-13-22(18-6-4-3-5-7-18)24(30-25(20)32(23)31-17)19-8-10-21(11-9-19)27(28)15-26(2,33)16-27/h3-6,8-14,33H,15-16,28H2,1-2H3. The number of hydrogen-bond acceptors (Lipinski definition) is 5. The SMILES string of the molecule is Cc1cc2ncc3cc(-c4[c]cccc4)c(-c4ccc(C5(N)CC(C)(O)C5)cc4)nc3n2n1. The lowest BCUT2D eigenvalue weighted by Crippen LogP contribution is -2.58. The van der Waals surface area contributed by atoms with Crippen LogP contribution in [0.15, 0.2) is 66.9 Å². The van der Waals surface area contributed by atoms with E-state index in [0.29, 0.717) is 12.8 Å². The van der Waals surface area contributed by atoms with Gasteiger partial charge in [-0.05, 0) is 49.9 Å². The summed E-state index contributed by atoms with van der Waals surface area (Å²) in [5.74, 6) is 0. The smallest absolute Gasteiger partial charge is 0.165 e. The Hall–Kier alpha value is -3.61. The van der Waals surface area contributed by atoms with E-state index in [1.54, 1.807) is 4.52 Å². The fraction of sp³-hybridized carbons (Fsp3) is 0.222. The molecular weight excluding hydrogens is 410 g/mol. The van der Waals surface area contributed by atoms with Gasteiger partial charge in [0.05, 0.1) is 17.0 Å². The number of rotatable bonds is 3. The van der Waals surface area contributed by atoms with E-state index in [-0.39, 0.29) is 0 Å². The number of aliphatic hydroxyl groups is 1. The minimum absolute atomic E-state index is 0.487. The molecule has 6 nitrogen and oxygen atoms in total. The Bertz CT molecular complexity index is 1500. The number of pyridine rings is 1. The highest BCUT2D eigenvalue weighted by atomic mass is 16.3. The van der Waals surface area contributed by atoms with Crippen LogP contribution in [-0.4, -0.2) is 30.3 Å². The molecule has 0 saturated heterocycles. The number of nitrogens with two attached hydrogens (primary N) is 1. The zero-order chi connectivity index (χ0) is 22.8. The van der Waals surface area contributed by atoms with Crippen LogP contribution in [0.5, 0.6) is 0 Å². The zero-order valence-electron chi connectivity index (χ0n) is 18.6. The molecule has 0 unspecified atom stereocenters. The van der Waals surface area contributed by atoms with Gasteiger partial charge in [-0.15, -0.1) is 0 Å². The Balaban J connectivity index is 1.53. The van der Waals surface area contributed by atoms with E-state index < -0.39 is 11.1 Å². The summed E-state index contributed by atoms with van der Waals surface area (Å²) in [6, 6.07) is 23.5. The van der Waals surface area contributed by atoms with Crippen molar-refractivity contribution in [3.05, 3.63) is 84.2 Å². The van der Waals surface area contributed by atoms with Crippen LogP contribution in [0.2, 0.25) is 0 Å². The summed E-state index contributed by atoms with van der Waals surface area (Å²) in [4.78, 5) is 9.63. The maximum atomic E-state index is 10.2. The fourth-order valence-corrected chi connectivity index (χ4v) is 5.11. The van der Waals surface area contributed by atoms with Gasteiger partial charge >= 0.3 is 0 Å². The molecule has 2 aromatic carbocycles. The van der Waals surface area contributed by atoms with Gasteiger partial charge in [0.15, 0.2) is 11.3 Å². The van der Waals surface area contributed by atoms with E-state index in [1.165, 1.54) is 0 Å². The molecule has 3 N–H and O–H groups in total. The van der Waals surface area contributed by atoms with E-state index in [4.69, 9.17) is 10.7 Å². The van der Waals surface area contributed by atoms with Gasteiger partial charge in [0.25, 0.3) is 0 Å². The van der Waals surface area contributed by atoms with Crippen molar-refractivity contribution in [1.29, 1.82) is 0 Å². The van der Waals surface area contributed by atoms with E-state index in [0.717, 1.165) is 50.3 Å². The van der Waals surface area contributed by atoms with E-state index in [2.05, 4.69) is 46.5 Å². The third-order valence-electron chi connectivity index (χ3n) is 6.51. The number of benzene rings is 2. The number of aromatic nitrogens is 4. The van der Waals surface area contributed by atoms with Crippen molar-refractivity contribution < 1.29 is 5.11 Å². The van der Waals surface area contributed by atoms with Crippen molar-refractivity contribution in [2.45, 2.75) is 37.8 Å². The molecule has 5 aromatic rings. The van der Waals surface area contributed by atoms with Crippen LogP contribution in [0, 0.1) is 13.0 Å². The van der Waals surface area contributed by atoms with Crippen LogP contribution in [0.1, 0.15) is 31.0 Å². The fourth-order valence-electron chi connectivity index (χ4n) is 5.11. The van der Waals surface area contributed by atoms with Crippen LogP contribution in [-0.2, 0) is 5.54 Å². The first-order valence-electron chi connectivity index (χ1n) is 11.1. The summed E-state index contributed by atoms with van der Waals surface area (Å²) in [6.45, 7) is 3.79. The van der Waals surface area contributed by atoms with Gasteiger partial charge < -0.3 is 10.8 Å². The van der Waals surface area contributed by atoms with Crippen LogP contribution in [0.25, 0.3) is 39.1 Å². The first kappa shape index (κ1) is 20.0. The molecule has 3 aromatic heterocycles. The van der Waals surface area contributed by atoms with Gasteiger partial charge in [-0.1, -0.05) is 48.5 Å². The lowest BCUT2D eigenvalue weighted by molar-refractivity contribution is -0.0738. The average Bonchev–Trinajstić information content (AvgIpc) is 3.18. The topological polar surface area (TPSA) is 89.3 Å². The molecule has 1 aliphatic rings. The van der Waals surface area contributed by atoms with Crippen molar-refractivity contribution in [2.75, 3.05) is 0 Å². The Morgan fingerprint density at radius 2 is 1.88 bits per heavy atom. The van der Waals surface area contributed by atoms with Crippen molar-refractivity contribution in [3.8, 4) is 22.4 Å². The largest absolute Gasteiger partial charge is 0.390 e. The van der Waals surface area contributed by atoms with Crippen LogP contribution in [0.3, 0.4) is 0 Å². The maximum Gasteiger partial charge on any atom is 0.165 e. The van der Waals surface area contributed by atoms with Crippen LogP contribution < -0.4 is 5.73 Å². The van der Waals surface area contributed by atoms with Gasteiger partial charge in [0.2, 0.25) is 0 Å². The van der Waals surface area contributed by atoms with E-state index in [1.807, 2.05) is 50.4 Å². The minimum Gasteiger partial charge on any atom is -0.390 e. The predicted molar refractivity (Wildman–Crippen MR) is 128 cm³/mol. The Morgan fingerprint density at radius 1 is 1.09 bits per heavy atom. The lowest BCUT2D eigenvalue weighted by atomic mass is 9.63.